The van der Waals surface area contributed by atoms with E-state index in [9.17, 15) is 0 Å². The van der Waals surface area contributed by atoms with E-state index in [4.69, 9.17) is 10.3 Å². The predicted octanol–water partition coefficient (Wildman–Crippen LogP) is 1.75. The number of likely N-dealkylation sites (tertiary alicyclic amines) is 1. The molecule has 2 unspecified atom stereocenters. The van der Waals surface area contributed by atoms with Crippen LogP contribution in [0, 0.1) is 5.92 Å². The summed E-state index contributed by atoms with van der Waals surface area (Å²) in [5.41, 5.74) is 5.73. The fourth-order valence-electron chi connectivity index (χ4n) is 2.52. The van der Waals surface area contributed by atoms with E-state index in [2.05, 4.69) is 28.9 Å². The van der Waals surface area contributed by atoms with Crippen LogP contribution in [0.2, 0.25) is 0 Å². The van der Waals surface area contributed by atoms with Crippen LogP contribution in [0.3, 0.4) is 0 Å². The summed E-state index contributed by atoms with van der Waals surface area (Å²) in [5.74, 6) is 1.97. The maximum absolute atomic E-state index is 5.73. The third kappa shape index (κ3) is 3.29. The van der Waals surface area contributed by atoms with Gasteiger partial charge in [0.1, 0.15) is 0 Å². The molecular formula is C13H24N4O. The highest BCUT2D eigenvalue weighted by atomic mass is 16.5. The monoisotopic (exact) mass is 252 g/mol. The average molecular weight is 252 g/mol. The minimum Gasteiger partial charge on any atom is -0.339 e. The lowest BCUT2D eigenvalue weighted by Gasteiger charge is -2.34. The molecule has 2 N–H and O–H groups in total. The molecule has 18 heavy (non-hydrogen) atoms. The molecule has 2 heterocycles. The van der Waals surface area contributed by atoms with Gasteiger partial charge in [-0.1, -0.05) is 5.16 Å². The van der Waals surface area contributed by atoms with Gasteiger partial charge in [-0.3, -0.25) is 0 Å². The third-order valence-electron chi connectivity index (χ3n) is 3.64. The van der Waals surface area contributed by atoms with Crippen molar-refractivity contribution in [1.29, 1.82) is 0 Å². The molecule has 0 aromatic carbocycles. The number of hydrogen-bond acceptors (Lipinski definition) is 5. The van der Waals surface area contributed by atoms with Gasteiger partial charge in [-0.05, 0) is 46.1 Å². The first-order valence-corrected chi connectivity index (χ1v) is 6.88. The van der Waals surface area contributed by atoms with Gasteiger partial charge < -0.3 is 15.2 Å². The van der Waals surface area contributed by atoms with Crippen molar-refractivity contribution >= 4 is 0 Å². The van der Waals surface area contributed by atoms with Crippen LogP contribution in [0.15, 0.2) is 4.52 Å². The second kappa shape index (κ2) is 5.80. The Morgan fingerprint density at radius 3 is 2.83 bits per heavy atom. The van der Waals surface area contributed by atoms with E-state index in [0.717, 1.165) is 18.9 Å². The van der Waals surface area contributed by atoms with Gasteiger partial charge in [0.25, 0.3) is 0 Å². The molecule has 1 aliphatic heterocycles. The Hall–Kier alpha value is -0.940. The summed E-state index contributed by atoms with van der Waals surface area (Å²) in [6.45, 7) is 8.72. The van der Waals surface area contributed by atoms with Crippen molar-refractivity contribution in [3.05, 3.63) is 11.7 Å². The van der Waals surface area contributed by atoms with E-state index in [1.165, 1.54) is 19.4 Å². The standard InChI is InChI=1S/C13H24N4O/c1-9(2)17-6-4-5-11(8-17)7-12-15-13(10(3)14)16-18-12/h9-11H,4-8,14H2,1-3H3. The summed E-state index contributed by atoms with van der Waals surface area (Å²) in [4.78, 5) is 6.88. The van der Waals surface area contributed by atoms with Gasteiger partial charge in [0.05, 0.1) is 6.04 Å². The Labute approximate surface area is 109 Å². The van der Waals surface area contributed by atoms with E-state index in [0.29, 0.717) is 17.8 Å². The van der Waals surface area contributed by atoms with E-state index in [1.807, 2.05) is 6.92 Å². The molecule has 0 amide bonds. The lowest BCUT2D eigenvalue weighted by molar-refractivity contribution is 0.135. The van der Waals surface area contributed by atoms with Crippen molar-refractivity contribution < 1.29 is 4.52 Å². The largest absolute Gasteiger partial charge is 0.339 e. The lowest BCUT2D eigenvalue weighted by atomic mass is 9.94. The van der Waals surface area contributed by atoms with E-state index in [1.54, 1.807) is 0 Å². The summed E-state index contributed by atoms with van der Waals surface area (Å²) in [5, 5.41) is 3.91. The highest BCUT2D eigenvalue weighted by Crippen LogP contribution is 2.22. The predicted molar refractivity (Wildman–Crippen MR) is 70.0 cm³/mol. The highest BCUT2D eigenvalue weighted by Gasteiger charge is 2.23. The topological polar surface area (TPSA) is 68.2 Å². The molecule has 0 saturated carbocycles. The van der Waals surface area contributed by atoms with Gasteiger partial charge in [0, 0.05) is 19.0 Å². The normalized spacial score (nSPS) is 23.5. The van der Waals surface area contributed by atoms with Crippen LogP contribution in [0.25, 0.3) is 0 Å². The molecule has 2 atom stereocenters. The van der Waals surface area contributed by atoms with E-state index < -0.39 is 0 Å². The molecular weight excluding hydrogens is 228 g/mol. The van der Waals surface area contributed by atoms with Crippen LogP contribution < -0.4 is 5.73 Å². The second-order valence-corrected chi connectivity index (χ2v) is 5.64. The summed E-state index contributed by atoms with van der Waals surface area (Å²) < 4.78 is 5.26. The maximum Gasteiger partial charge on any atom is 0.227 e. The minimum atomic E-state index is -0.152. The van der Waals surface area contributed by atoms with Gasteiger partial charge in [0.2, 0.25) is 5.89 Å². The molecule has 5 heteroatoms. The van der Waals surface area contributed by atoms with Crippen molar-refractivity contribution in [1.82, 2.24) is 15.0 Å². The Kier molecular flexibility index (Phi) is 4.35. The number of nitrogens with zero attached hydrogens (tertiary/aromatic N) is 3. The van der Waals surface area contributed by atoms with Gasteiger partial charge >= 0.3 is 0 Å². The third-order valence-corrected chi connectivity index (χ3v) is 3.64. The average Bonchev–Trinajstić information content (AvgIpc) is 2.78. The van der Waals surface area contributed by atoms with Crippen LogP contribution in [0.1, 0.15) is 51.4 Å². The molecule has 1 fully saturated rings. The molecule has 5 nitrogen and oxygen atoms in total. The Morgan fingerprint density at radius 1 is 1.44 bits per heavy atom. The SMILES string of the molecule is CC(N)c1noc(CC2CCCN(C(C)C)C2)n1. The molecule has 2 rings (SSSR count). The number of rotatable bonds is 4. The number of hydrogen-bond donors (Lipinski definition) is 1. The molecule has 0 spiro atoms. The number of piperidine rings is 1. The molecule has 1 aliphatic rings. The van der Waals surface area contributed by atoms with Crippen molar-refractivity contribution in [2.45, 2.75) is 52.1 Å². The smallest absolute Gasteiger partial charge is 0.227 e. The van der Waals surface area contributed by atoms with E-state index in [-0.39, 0.29) is 6.04 Å². The Balaban J connectivity index is 1.92. The van der Waals surface area contributed by atoms with Crippen molar-refractivity contribution in [2.24, 2.45) is 11.7 Å². The molecule has 1 aromatic heterocycles. The summed E-state index contributed by atoms with van der Waals surface area (Å²) in [6, 6.07) is 0.469. The summed E-state index contributed by atoms with van der Waals surface area (Å²) in [7, 11) is 0. The van der Waals surface area contributed by atoms with Gasteiger partial charge in [-0.25, -0.2) is 0 Å². The number of aromatic nitrogens is 2. The van der Waals surface area contributed by atoms with Crippen molar-refractivity contribution in [2.75, 3.05) is 13.1 Å². The zero-order valence-electron chi connectivity index (χ0n) is 11.6. The molecule has 0 aliphatic carbocycles. The Morgan fingerprint density at radius 2 is 2.22 bits per heavy atom. The highest BCUT2D eigenvalue weighted by molar-refractivity contribution is 4.93. The fraction of sp³-hybridized carbons (Fsp3) is 0.846. The quantitative estimate of drug-likeness (QED) is 0.884. The van der Waals surface area contributed by atoms with Crippen LogP contribution in [0.5, 0.6) is 0 Å². The van der Waals surface area contributed by atoms with Crippen LogP contribution in [0.4, 0.5) is 0 Å². The van der Waals surface area contributed by atoms with Gasteiger partial charge in [-0.2, -0.15) is 4.98 Å². The maximum atomic E-state index is 5.73. The summed E-state index contributed by atoms with van der Waals surface area (Å²) >= 11 is 0. The van der Waals surface area contributed by atoms with Gasteiger partial charge in [-0.15, -0.1) is 0 Å². The minimum absolute atomic E-state index is 0.152. The lowest BCUT2D eigenvalue weighted by Crippen LogP contribution is -2.40. The Bertz CT molecular complexity index is 375. The first-order valence-electron chi connectivity index (χ1n) is 6.88. The van der Waals surface area contributed by atoms with Crippen LogP contribution >= 0.6 is 0 Å². The van der Waals surface area contributed by atoms with Crippen LogP contribution in [-0.2, 0) is 6.42 Å². The molecule has 0 radical (unpaired) electrons. The van der Waals surface area contributed by atoms with Crippen molar-refractivity contribution in [3.63, 3.8) is 0 Å². The zero-order valence-corrected chi connectivity index (χ0v) is 11.6. The molecule has 1 aromatic rings. The van der Waals surface area contributed by atoms with E-state index >= 15 is 0 Å². The number of nitrogens with two attached hydrogens (primary N) is 1. The fourth-order valence-corrected chi connectivity index (χ4v) is 2.52. The molecule has 0 bridgehead atoms. The first kappa shape index (κ1) is 13.5. The van der Waals surface area contributed by atoms with Crippen LogP contribution in [-0.4, -0.2) is 34.2 Å². The van der Waals surface area contributed by atoms with Crippen molar-refractivity contribution in [3.8, 4) is 0 Å². The molecule has 102 valence electrons. The second-order valence-electron chi connectivity index (χ2n) is 5.64. The molecule has 1 saturated heterocycles. The zero-order chi connectivity index (χ0) is 13.1. The first-order chi connectivity index (χ1) is 8.56. The van der Waals surface area contributed by atoms with Gasteiger partial charge in [0.15, 0.2) is 5.82 Å². The summed E-state index contributed by atoms with van der Waals surface area (Å²) in [6.07, 6.45) is 3.39.